The SMILES string of the molecule is Cc1cccc(-c2cc(-c3cccc(C)c3)n[c]([Ir][c]3nc(-c4cccc(C)c4)cc(-c4cccc(C)c4)n3)n2)c1. The first-order chi connectivity index (χ1) is 19.9. The summed E-state index contributed by atoms with van der Waals surface area (Å²) >= 11 is -1.06. The molecule has 0 fully saturated rings. The fraction of sp³-hybridized carbons (Fsp3) is 0.111. The second-order valence-corrected chi connectivity index (χ2v) is 13.1. The van der Waals surface area contributed by atoms with E-state index in [1.54, 1.807) is 0 Å². The van der Waals surface area contributed by atoms with Gasteiger partial charge in [-0.05, 0) is 0 Å². The molecule has 0 spiro atoms. The fourth-order valence-corrected chi connectivity index (χ4v) is 6.93. The van der Waals surface area contributed by atoms with E-state index in [1.807, 2.05) is 0 Å². The Morgan fingerprint density at radius 2 is 0.634 bits per heavy atom. The van der Waals surface area contributed by atoms with Crippen LogP contribution < -0.4 is 8.68 Å². The summed E-state index contributed by atoms with van der Waals surface area (Å²) in [5.41, 5.74) is 12.9. The van der Waals surface area contributed by atoms with E-state index in [-0.39, 0.29) is 0 Å². The summed E-state index contributed by atoms with van der Waals surface area (Å²) in [6, 6.07) is 38.1. The van der Waals surface area contributed by atoms with Gasteiger partial charge in [-0.2, -0.15) is 0 Å². The molecule has 0 atom stereocenters. The molecule has 2 aromatic heterocycles. The Kier molecular flexibility index (Phi) is 7.65. The van der Waals surface area contributed by atoms with E-state index in [1.165, 1.54) is 22.3 Å². The van der Waals surface area contributed by atoms with Gasteiger partial charge in [0, 0.05) is 0 Å². The van der Waals surface area contributed by atoms with Crippen LogP contribution in [0.5, 0.6) is 0 Å². The number of aromatic nitrogens is 4. The van der Waals surface area contributed by atoms with Crippen LogP contribution in [0.3, 0.4) is 0 Å². The van der Waals surface area contributed by atoms with Crippen LogP contribution in [-0.4, -0.2) is 19.9 Å². The molecular weight excluding hydrogens is 681 g/mol. The van der Waals surface area contributed by atoms with Crippen LogP contribution in [-0.2, 0) is 17.7 Å². The molecule has 4 nitrogen and oxygen atoms in total. The van der Waals surface area contributed by atoms with Gasteiger partial charge in [0.2, 0.25) is 0 Å². The molecule has 6 aromatic rings. The number of aryl methyl sites for hydroxylation is 4. The Balaban J connectivity index is 1.49. The van der Waals surface area contributed by atoms with E-state index < -0.39 is 17.7 Å². The molecule has 0 radical (unpaired) electrons. The molecule has 0 N–H and O–H groups in total. The standard InChI is InChI=1S/2C18H15N2.Ir/c2*1-13-5-3-7-15(9-13)17-11-18(20-12-19-17)16-8-4-6-14(2)10-16;/h2*3-11H,1-2H3;. The minimum absolute atomic E-state index is 0.817. The van der Waals surface area contributed by atoms with Gasteiger partial charge in [-0.25, -0.2) is 0 Å². The molecule has 2 heterocycles. The Labute approximate surface area is 249 Å². The third-order valence-corrected chi connectivity index (χ3v) is 8.92. The monoisotopic (exact) mass is 711 g/mol. The molecule has 0 unspecified atom stereocenters. The second-order valence-electron chi connectivity index (χ2n) is 10.3. The Bertz CT molecular complexity index is 1610. The van der Waals surface area contributed by atoms with Gasteiger partial charge in [0.25, 0.3) is 0 Å². The normalized spacial score (nSPS) is 11.1. The van der Waals surface area contributed by atoms with Gasteiger partial charge in [0.05, 0.1) is 0 Å². The molecular formula is C36H30IrN4. The van der Waals surface area contributed by atoms with Crippen LogP contribution in [0.25, 0.3) is 45.0 Å². The summed E-state index contributed by atoms with van der Waals surface area (Å²) < 4.78 is 1.63. The van der Waals surface area contributed by atoms with Crippen LogP contribution in [0.2, 0.25) is 0 Å². The van der Waals surface area contributed by atoms with Crippen LogP contribution >= 0.6 is 0 Å². The number of hydrogen-bond donors (Lipinski definition) is 0. The molecule has 6 rings (SSSR count). The van der Waals surface area contributed by atoms with Crippen molar-refractivity contribution in [2.24, 2.45) is 0 Å². The Hall–Kier alpha value is -4.31. The predicted octanol–water partition coefficient (Wildman–Crippen LogP) is 7.20. The molecule has 0 aliphatic rings. The average molecular weight is 711 g/mol. The molecule has 41 heavy (non-hydrogen) atoms. The molecule has 0 bridgehead atoms. The Morgan fingerprint density at radius 1 is 0.366 bits per heavy atom. The van der Waals surface area contributed by atoms with Crippen molar-refractivity contribution < 1.29 is 17.7 Å². The van der Waals surface area contributed by atoms with Crippen LogP contribution in [0.4, 0.5) is 0 Å². The Morgan fingerprint density at radius 3 is 0.878 bits per heavy atom. The quantitative estimate of drug-likeness (QED) is 0.184. The second kappa shape index (κ2) is 11.7. The van der Waals surface area contributed by atoms with Crippen molar-refractivity contribution in [2.45, 2.75) is 27.7 Å². The molecule has 4 aromatic carbocycles. The number of hydrogen-bond acceptors (Lipinski definition) is 4. The minimum atomic E-state index is -1.06. The first-order valence-corrected chi connectivity index (χ1v) is 16.0. The molecule has 0 saturated heterocycles. The summed E-state index contributed by atoms with van der Waals surface area (Å²) in [7, 11) is 0. The number of nitrogens with zero attached hydrogens (tertiary/aromatic N) is 4. The van der Waals surface area contributed by atoms with Crippen molar-refractivity contribution in [1.82, 2.24) is 19.9 Å². The van der Waals surface area contributed by atoms with Gasteiger partial charge < -0.3 is 0 Å². The van der Waals surface area contributed by atoms with Crippen molar-refractivity contribution in [3.05, 3.63) is 131 Å². The summed E-state index contributed by atoms with van der Waals surface area (Å²) in [4.78, 5) is 20.3. The van der Waals surface area contributed by atoms with E-state index in [0.29, 0.717) is 0 Å². The van der Waals surface area contributed by atoms with E-state index in [9.17, 15) is 0 Å². The zero-order chi connectivity index (χ0) is 28.3. The molecule has 0 amide bonds. The van der Waals surface area contributed by atoms with E-state index >= 15 is 0 Å². The van der Waals surface area contributed by atoms with Crippen molar-refractivity contribution in [3.63, 3.8) is 0 Å². The van der Waals surface area contributed by atoms with Crippen molar-refractivity contribution in [2.75, 3.05) is 0 Å². The molecule has 0 saturated carbocycles. The van der Waals surface area contributed by atoms with Gasteiger partial charge in [0.15, 0.2) is 0 Å². The van der Waals surface area contributed by atoms with Gasteiger partial charge in [0.1, 0.15) is 0 Å². The zero-order valence-corrected chi connectivity index (χ0v) is 25.9. The van der Waals surface area contributed by atoms with Gasteiger partial charge >= 0.3 is 250 Å². The topological polar surface area (TPSA) is 51.6 Å². The third kappa shape index (κ3) is 6.38. The predicted molar refractivity (Wildman–Crippen MR) is 164 cm³/mol. The van der Waals surface area contributed by atoms with Gasteiger partial charge in [-0.1, -0.05) is 0 Å². The zero-order valence-electron chi connectivity index (χ0n) is 23.5. The van der Waals surface area contributed by atoms with Crippen molar-refractivity contribution in [3.8, 4) is 45.0 Å². The van der Waals surface area contributed by atoms with E-state index in [2.05, 4.69) is 137 Å². The summed E-state index contributed by atoms with van der Waals surface area (Å²) in [5.74, 6) is 0. The van der Waals surface area contributed by atoms with Gasteiger partial charge in [-0.3, -0.25) is 0 Å². The first-order valence-electron chi connectivity index (χ1n) is 13.6. The average Bonchev–Trinajstić information content (AvgIpc) is 2.97. The fourth-order valence-electron chi connectivity index (χ4n) is 4.76. The van der Waals surface area contributed by atoms with E-state index in [4.69, 9.17) is 19.9 Å². The molecule has 203 valence electrons. The number of rotatable bonds is 6. The van der Waals surface area contributed by atoms with Gasteiger partial charge in [-0.15, -0.1) is 0 Å². The molecule has 0 aliphatic carbocycles. The molecule has 0 aliphatic heterocycles. The number of benzene rings is 4. The van der Waals surface area contributed by atoms with Crippen molar-refractivity contribution >= 4 is 8.68 Å². The first kappa shape index (κ1) is 26.9. The van der Waals surface area contributed by atoms with Crippen molar-refractivity contribution in [1.29, 1.82) is 0 Å². The maximum atomic E-state index is 5.09. The summed E-state index contributed by atoms with van der Waals surface area (Å²) in [6.07, 6.45) is 0. The van der Waals surface area contributed by atoms with E-state index in [0.717, 1.165) is 53.7 Å². The van der Waals surface area contributed by atoms with Crippen LogP contribution in [0.1, 0.15) is 22.3 Å². The van der Waals surface area contributed by atoms with Crippen LogP contribution in [0, 0.1) is 27.7 Å². The van der Waals surface area contributed by atoms with Crippen LogP contribution in [0.15, 0.2) is 109 Å². The maximum absolute atomic E-state index is 5.09. The molecule has 5 heteroatoms. The summed E-state index contributed by atoms with van der Waals surface area (Å²) in [5, 5.41) is 0. The third-order valence-electron chi connectivity index (χ3n) is 6.78. The summed E-state index contributed by atoms with van der Waals surface area (Å²) in [6.45, 7) is 8.44.